The molecule has 2 heterocycles. The summed E-state index contributed by atoms with van der Waals surface area (Å²) in [6.45, 7) is 3.39. The first-order valence-corrected chi connectivity index (χ1v) is 8.95. The van der Waals surface area contributed by atoms with Gasteiger partial charge in [-0.05, 0) is 24.3 Å². The average Bonchev–Trinajstić information content (AvgIpc) is 2.73. The van der Waals surface area contributed by atoms with E-state index in [2.05, 4.69) is 10.3 Å². The molecule has 0 saturated carbocycles. The van der Waals surface area contributed by atoms with Crippen molar-refractivity contribution < 1.29 is 19.1 Å². The van der Waals surface area contributed by atoms with Gasteiger partial charge >= 0.3 is 0 Å². The van der Waals surface area contributed by atoms with Gasteiger partial charge in [-0.2, -0.15) is 0 Å². The van der Waals surface area contributed by atoms with Crippen LogP contribution in [0.3, 0.4) is 0 Å². The van der Waals surface area contributed by atoms with E-state index in [0.29, 0.717) is 43.2 Å². The Morgan fingerprint density at radius 3 is 2.39 bits per heavy atom. The Balaban J connectivity index is 1.70. The minimum absolute atomic E-state index is 0.000215. The van der Waals surface area contributed by atoms with Gasteiger partial charge in [-0.1, -0.05) is 12.1 Å². The van der Waals surface area contributed by atoms with E-state index in [1.165, 1.54) is 26.3 Å². The van der Waals surface area contributed by atoms with Crippen molar-refractivity contribution in [3.63, 3.8) is 0 Å². The Hall–Kier alpha value is -3.42. The van der Waals surface area contributed by atoms with E-state index in [-0.39, 0.29) is 23.4 Å². The molecule has 0 unspecified atom stereocenters. The minimum Gasteiger partial charge on any atom is -0.495 e. The predicted octanol–water partition coefficient (Wildman–Crippen LogP) is 1.65. The Labute approximate surface area is 163 Å². The molecule has 1 N–H and O–H groups in total. The van der Waals surface area contributed by atoms with Crippen molar-refractivity contribution in [2.45, 2.75) is 6.92 Å². The van der Waals surface area contributed by atoms with Gasteiger partial charge in [0.25, 0.3) is 11.8 Å². The van der Waals surface area contributed by atoms with Crippen LogP contribution in [0.15, 0.2) is 42.6 Å². The van der Waals surface area contributed by atoms with Crippen LogP contribution < -0.4 is 10.1 Å². The number of benzene rings is 1. The number of carbonyl (C=O) groups excluding carboxylic acids is 3. The summed E-state index contributed by atoms with van der Waals surface area (Å²) in [5.74, 6) is -0.0673. The van der Waals surface area contributed by atoms with Gasteiger partial charge in [-0.3, -0.25) is 19.4 Å². The third-order valence-corrected chi connectivity index (χ3v) is 4.61. The molecule has 1 aromatic heterocycles. The van der Waals surface area contributed by atoms with E-state index in [9.17, 15) is 14.4 Å². The number of carbonyl (C=O) groups is 3. The highest BCUT2D eigenvalue weighted by Crippen LogP contribution is 2.23. The molecule has 1 fully saturated rings. The SMILES string of the molecule is COc1ccccc1NC(=O)c1ccnc(C(=O)N2CCN(C(C)=O)CC2)c1. The van der Waals surface area contributed by atoms with Crippen LogP contribution in [0.2, 0.25) is 0 Å². The number of rotatable bonds is 4. The number of anilines is 1. The maximum absolute atomic E-state index is 12.7. The first-order chi connectivity index (χ1) is 13.5. The maximum atomic E-state index is 12.7. The number of para-hydroxylation sites is 2. The van der Waals surface area contributed by atoms with Crippen LogP contribution >= 0.6 is 0 Å². The third-order valence-electron chi connectivity index (χ3n) is 4.61. The number of aromatic nitrogens is 1. The molecule has 3 rings (SSSR count). The van der Waals surface area contributed by atoms with E-state index >= 15 is 0 Å². The van der Waals surface area contributed by atoms with E-state index in [0.717, 1.165) is 0 Å². The molecule has 28 heavy (non-hydrogen) atoms. The predicted molar refractivity (Wildman–Crippen MR) is 103 cm³/mol. The fourth-order valence-electron chi connectivity index (χ4n) is 3.02. The second kappa shape index (κ2) is 8.51. The van der Waals surface area contributed by atoms with Gasteiger partial charge in [0.1, 0.15) is 11.4 Å². The Kier molecular flexibility index (Phi) is 5.88. The number of methoxy groups -OCH3 is 1. The number of amides is 3. The van der Waals surface area contributed by atoms with Crippen molar-refractivity contribution in [3.8, 4) is 5.75 Å². The monoisotopic (exact) mass is 382 g/mol. The summed E-state index contributed by atoms with van der Waals surface area (Å²) in [5.41, 5.74) is 1.07. The Bertz CT molecular complexity index is 891. The molecule has 0 radical (unpaired) electrons. The Morgan fingerprint density at radius 2 is 1.71 bits per heavy atom. The van der Waals surface area contributed by atoms with Crippen LogP contribution in [0.1, 0.15) is 27.8 Å². The summed E-state index contributed by atoms with van der Waals surface area (Å²) in [6, 6.07) is 10.1. The van der Waals surface area contributed by atoms with Gasteiger partial charge in [-0.15, -0.1) is 0 Å². The number of pyridine rings is 1. The molecule has 0 bridgehead atoms. The maximum Gasteiger partial charge on any atom is 0.272 e. The summed E-state index contributed by atoms with van der Waals surface area (Å²) in [4.78, 5) is 44.2. The lowest BCUT2D eigenvalue weighted by Gasteiger charge is -2.34. The lowest BCUT2D eigenvalue weighted by atomic mass is 10.2. The number of hydrogen-bond donors (Lipinski definition) is 1. The van der Waals surface area contributed by atoms with Crippen LogP contribution in [0.5, 0.6) is 5.75 Å². The zero-order valence-electron chi connectivity index (χ0n) is 15.8. The molecule has 1 aliphatic rings. The highest BCUT2D eigenvalue weighted by atomic mass is 16.5. The number of ether oxygens (including phenoxy) is 1. The van der Waals surface area contributed by atoms with E-state index in [1.54, 1.807) is 34.1 Å². The van der Waals surface area contributed by atoms with Crippen LogP contribution in [0.4, 0.5) is 5.69 Å². The highest BCUT2D eigenvalue weighted by Gasteiger charge is 2.24. The quantitative estimate of drug-likeness (QED) is 0.868. The van der Waals surface area contributed by atoms with Crippen LogP contribution in [0, 0.1) is 0 Å². The molecule has 146 valence electrons. The first kappa shape index (κ1) is 19.3. The van der Waals surface area contributed by atoms with Gasteiger partial charge in [0.15, 0.2) is 0 Å². The molecule has 1 saturated heterocycles. The minimum atomic E-state index is -0.359. The summed E-state index contributed by atoms with van der Waals surface area (Å²) in [5, 5.41) is 2.78. The lowest BCUT2D eigenvalue weighted by Crippen LogP contribution is -2.50. The number of piperazine rings is 1. The van der Waals surface area contributed by atoms with Crippen LogP contribution in [0.25, 0.3) is 0 Å². The van der Waals surface area contributed by atoms with Crippen molar-refractivity contribution >= 4 is 23.4 Å². The molecule has 0 atom stereocenters. The van der Waals surface area contributed by atoms with Gasteiger partial charge < -0.3 is 19.9 Å². The number of hydrogen-bond acceptors (Lipinski definition) is 5. The summed E-state index contributed by atoms with van der Waals surface area (Å²) in [7, 11) is 1.53. The van der Waals surface area contributed by atoms with Crippen LogP contribution in [-0.2, 0) is 4.79 Å². The second-order valence-corrected chi connectivity index (χ2v) is 6.38. The first-order valence-electron chi connectivity index (χ1n) is 8.95. The highest BCUT2D eigenvalue weighted by molar-refractivity contribution is 6.06. The third kappa shape index (κ3) is 4.28. The fraction of sp³-hybridized carbons (Fsp3) is 0.300. The largest absolute Gasteiger partial charge is 0.495 e. The van der Waals surface area contributed by atoms with Crippen molar-refractivity contribution in [3.05, 3.63) is 53.9 Å². The van der Waals surface area contributed by atoms with Crippen LogP contribution in [-0.4, -0.2) is 65.8 Å². The standard InChI is InChI=1S/C20H22N4O4/c1-14(25)23-9-11-24(12-10-23)20(27)17-13-15(7-8-21-17)19(26)22-16-5-3-4-6-18(16)28-2/h3-8,13H,9-12H2,1-2H3,(H,22,26). The lowest BCUT2D eigenvalue weighted by molar-refractivity contribution is -0.130. The molecule has 1 aliphatic heterocycles. The summed E-state index contributed by atoms with van der Waals surface area (Å²) >= 11 is 0. The Morgan fingerprint density at radius 1 is 1.04 bits per heavy atom. The smallest absolute Gasteiger partial charge is 0.272 e. The van der Waals surface area contributed by atoms with Gasteiger partial charge in [-0.25, -0.2) is 0 Å². The van der Waals surface area contributed by atoms with E-state index in [1.807, 2.05) is 6.07 Å². The summed E-state index contributed by atoms with van der Waals surface area (Å²) in [6.07, 6.45) is 1.44. The topological polar surface area (TPSA) is 91.8 Å². The average molecular weight is 382 g/mol. The molecule has 2 aromatic rings. The summed E-state index contributed by atoms with van der Waals surface area (Å²) < 4.78 is 5.23. The molecule has 0 aliphatic carbocycles. The number of nitrogens with zero attached hydrogens (tertiary/aromatic N) is 3. The van der Waals surface area contributed by atoms with Crippen molar-refractivity contribution in [2.24, 2.45) is 0 Å². The molecule has 0 spiro atoms. The molecule has 1 aromatic carbocycles. The zero-order valence-corrected chi connectivity index (χ0v) is 15.8. The fourth-order valence-corrected chi connectivity index (χ4v) is 3.02. The van der Waals surface area contributed by atoms with E-state index < -0.39 is 0 Å². The molecular formula is C20H22N4O4. The molecule has 3 amide bonds. The molecule has 8 heteroatoms. The zero-order chi connectivity index (χ0) is 20.1. The van der Waals surface area contributed by atoms with Gasteiger partial charge in [0.2, 0.25) is 5.91 Å². The van der Waals surface area contributed by atoms with E-state index in [4.69, 9.17) is 4.74 Å². The number of nitrogens with one attached hydrogen (secondary N) is 1. The second-order valence-electron chi connectivity index (χ2n) is 6.38. The van der Waals surface area contributed by atoms with Crippen molar-refractivity contribution in [1.29, 1.82) is 0 Å². The van der Waals surface area contributed by atoms with Gasteiger partial charge in [0.05, 0.1) is 12.8 Å². The molecular weight excluding hydrogens is 360 g/mol. The normalized spacial score (nSPS) is 13.8. The van der Waals surface area contributed by atoms with Gasteiger partial charge in [0, 0.05) is 44.9 Å². The van der Waals surface area contributed by atoms with Crippen molar-refractivity contribution in [1.82, 2.24) is 14.8 Å². The molecule has 8 nitrogen and oxygen atoms in total. The van der Waals surface area contributed by atoms with Crippen molar-refractivity contribution in [2.75, 3.05) is 38.6 Å².